The fraction of sp³-hybridized carbons (Fsp3) is 0.250. The van der Waals surface area contributed by atoms with Gasteiger partial charge in [-0.2, -0.15) is 12.4 Å². The Hall–Kier alpha value is -0.00130. The van der Waals surface area contributed by atoms with Crippen molar-refractivity contribution in [1.29, 1.82) is 0 Å². The molecule has 2 heterocycles. The monoisotopic (exact) mass is 496 g/mol. The first-order valence-electron chi connectivity index (χ1n) is 6.96. The second kappa shape index (κ2) is 7.49. The summed E-state index contributed by atoms with van der Waals surface area (Å²) in [6.07, 6.45) is 3.88. The van der Waals surface area contributed by atoms with Crippen molar-refractivity contribution >= 4 is 72.1 Å². The van der Waals surface area contributed by atoms with Crippen LogP contribution in [0.4, 0.5) is 11.4 Å². The van der Waals surface area contributed by atoms with Gasteiger partial charge in [-0.15, -0.1) is 11.4 Å². The normalized spacial score (nSPS) is 16.0. The zero-order chi connectivity index (χ0) is 17.4. The summed E-state index contributed by atoms with van der Waals surface area (Å²) in [6.45, 7) is 8.48. The van der Waals surface area contributed by atoms with Gasteiger partial charge in [0.2, 0.25) is 0 Å². The molecule has 3 rings (SSSR count). The van der Waals surface area contributed by atoms with E-state index in [-0.39, 0.29) is 0 Å². The number of hydrogen-bond donors (Lipinski definition) is 0. The molecule has 2 nitrogen and oxygen atoms in total. The van der Waals surface area contributed by atoms with Crippen LogP contribution in [0.2, 0.25) is 0 Å². The second-order valence-electron chi connectivity index (χ2n) is 5.42. The Morgan fingerprint density at radius 2 is 1.00 bits per heavy atom. The van der Waals surface area contributed by atoms with Crippen LogP contribution in [0.1, 0.15) is 27.7 Å². The minimum atomic E-state index is -3.29. The topological polar surface area (TPSA) is 28.2 Å². The Morgan fingerprint density at radius 1 is 0.696 bits per heavy atom. The van der Waals surface area contributed by atoms with E-state index < -0.39 is 13.9 Å². The molecule has 124 valence electrons. The first kappa shape index (κ1) is 19.3. The van der Waals surface area contributed by atoms with Crippen LogP contribution < -0.4 is 10.4 Å². The number of nitrogens with zero attached hydrogens (tertiary/aromatic N) is 2. The SMILES string of the molecule is CC1=C[N-]c2c3c(ccc2=C1C)=C(C)C(C)=C[N-]3.[Cl][Sn]([Cl])([Cl])[Cl]. The molecule has 0 aromatic heterocycles. The molecule has 1 aromatic rings. The Labute approximate surface area is 155 Å². The van der Waals surface area contributed by atoms with E-state index in [1.54, 1.807) is 0 Å². The molecule has 0 unspecified atom stereocenters. The Morgan fingerprint density at radius 3 is 1.30 bits per heavy atom. The van der Waals surface area contributed by atoms with Crippen molar-refractivity contribution in [3.8, 4) is 0 Å². The van der Waals surface area contributed by atoms with Crippen molar-refractivity contribution in [2.75, 3.05) is 0 Å². The number of fused-ring (bicyclic) bond motifs is 3. The third-order valence-electron chi connectivity index (χ3n) is 3.92. The molecule has 0 saturated carbocycles. The van der Waals surface area contributed by atoms with E-state index in [0.717, 1.165) is 11.4 Å². The van der Waals surface area contributed by atoms with E-state index in [0.29, 0.717) is 0 Å². The van der Waals surface area contributed by atoms with Crippen molar-refractivity contribution in [2.45, 2.75) is 27.7 Å². The van der Waals surface area contributed by atoms with E-state index in [4.69, 9.17) is 35.7 Å². The standard InChI is InChI=1S/C16H16N2.4ClH.Sn/c1-9-7-17-15-13(11(9)3)5-6-14-12(4)10(2)8-18-16(14)15;;;;;/h5-8H,1-4H3;4*1H;/q-2;;;;;+4/p-4. The molecular formula is C16H16Cl4N2Sn-2. The summed E-state index contributed by atoms with van der Waals surface area (Å²) in [7, 11) is 20.1. The second-order valence-corrected chi connectivity index (χ2v) is 30.9. The number of halogens is 4. The summed E-state index contributed by atoms with van der Waals surface area (Å²) in [4.78, 5) is 0. The van der Waals surface area contributed by atoms with Crippen molar-refractivity contribution in [3.05, 3.63) is 56.7 Å². The molecule has 23 heavy (non-hydrogen) atoms. The molecule has 0 amide bonds. The summed E-state index contributed by atoms with van der Waals surface area (Å²) >= 11 is -3.29. The Balaban J connectivity index is 0.000000338. The fourth-order valence-corrected chi connectivity index (χ4v) is 2.39. The number of benzene rings is 1. The van der Waals surface area contributed by atoms with Gasteiger partial charge in [0.25, 0.3) is 0 Å². The van der Waals surface area contributed by atoms with Gasteiger partial charge in [0.05, 0.1) is 0 Å². The Bertz CT molecular complexity index is 751. The first-order valence-corrected chi connectivity index (χ1v) is 21.4. The number of hydrogen-bond acceptors (Lipinski definition) is 0. The van der Waals surface area contributed by atoms with Crippen LogP contribution in [-0.2, 0) is 0 Å². The predicted molar refractivity (Wildman–Crippen MR) is 107 cm³/mol. The molecule has 7 heteroatoms. The molecule has 0 saturated heterocycles. The van der Waals surface area contributed by atoms with E-state index in [2.05, 4.69) is 50.5 Å². The van der Waals surface area contributed by atoms with Crippen LogP contribution in [0, 0.1) is 0 Å². The molecular weight excluding hydrogens is 481 g/mol. The molecule has 0 N–H and O–H groups in total. The van der Waals surface area contributed by atoms with Crippen LogP contribution in [0.5, 0.6) is 0 Å². The van der Waals surface area contributed by atoms with Crippen LogP contribution in [0.15, 0.2) is 35.7 Å². The molecule has 0 radical (unpaired) electrons. The summed E-state index contributed by atoms with van der Waals surface area (Å²) < 4.78 is 0. The third-order valence-corrected chi connectivity index (χ3v) is 3.92. The van der Waals surface area contributed by atoms with Gasteiger partial charge in [-0.3, -0.25) is 0 Å². The Kier molecular flexibility index (Phi) is 6.29. The van der Waals surface area contributed by atoms with Crippen LogP contribution in [0.25, 0.3) is 21.8 Å². The van der Waals surface area contributed by atoms with Crippen molar-refractivity contribution < 1.29 is 0 Å². The van der Waals surface area contributed by atoms with Gasteiger partial charge in [0.15, 0.2) is 0 Å². The van der Waals surface area contributed by atoms with Crippen molar-refractivity contribution in [3.63, 3.8) is 0 Å². The molecule has 0 spiro atoms. The van der Waals surface area contributed by atoms with E-state index >= 15 is 0 Å². The summed E-state index contributed by atoms with van der Waals surface area (Å²) in [5.41, 5.74) is 7.07. The third kappa shape index (κ3) is 4.76. The van der Waals surface area contributed by atoms with E-state index in [9.17, 15) is 0 Å². The van der Waals surface area contributed by atoms with Crippen LogP contribution in [0.3, 0.4) is 0 Å². The summed E-state index contributed by atoms with van der Waals surface area (Å²) in [5, 5.41) is 11.6. The minimum absolute atomic E-state index is 1.01. The van der Waals surface area contributed by atoms with Crippen LogP contribution in [-0.4, -0.2) is 13.9 Å². The molecule has 0 bridgehead atoms. The van der Waals surface area contributed by atoms with Crippen LogP contribution >= 0.6 is 35.7 Å². The molecule has 0 fully saturated rings. The van der Waals surface area contributed by atoms with Gasteiger partial charge in [-0.25, -0.2) is 0 Å². The van der Waals surface area contributed by atoms with E-state index in [1.165, 1.54) is 32.7 Å². The zero-order valence-corrected chi connectivity index (χ0v) is 19.1. The molecule has 2 aliphatic rings. The number of allylic oxidation sites excluding steroid dienone is 2. The van der Waals surface area contributed by atoms with Crippen molar-refractivity contribution in [1.82, 2.24) is 0 Å². The van der Waals surface area contributed by atoms with Gasteiger partial charge in [0.1, 0.15) is 0 Å². The zero-order valence-electron chi connectivity index (χ0n) is 13.2. The maximum absolute atomic E-state index is 5.04. The fourth-order valence-electron chi connectivity index (χ4n) is 2.39. The average Bonchev–Trinajstić information content (AvgIpc) is 2.44. The first-order chi connectivity index (χ1) is 10.6. The maximum atomic E-state index is 5.04. The predicted octanol–water partition coefficient (Wildman–Crippen LogP) is 6.25. The van der Waals surface area contributed by atoms with Gasteiger partial charge in [-0.05, 0) is 49.3 Å². The summed E-state index contributed by atoms with van der Waals surface area (Å²) in [5.74, 6) is 0. The average molecular weight is 497 g/mol. The molecule has 0 atom stereocenters. The van der Waals surface area contributed by atoms with Gasteiger partial charge in [0, 0.05) is 0 Å². The summed E-state index contributed by atoms with van der Waals surface area (Å²) in [6, 6.07) is 4.34. The number of rotatable bonds is 0. The van der Waals surface area contributed by atoms with E-state index in [1.807, 2.05) is 12.4 Å². The molecule has 0 aliphatic carbocycles. The van der Waals surface area contributed by atoms with Gasteiger partial charge >= 0.3 is 49.6 Å². The van der Waals surface area contributed by atoms with Gasteiger partial charge in [-0.1, -0.05) is 23.3 Å². The quantitative estimate of drug-likeness (QED) is 0.380. The molecule has 2 aliphatic heterocycles. The molecule has 1 aromatic carbocycles. The van der Waals surface area contributed by atoms with Crippen molar-refractivity contribution in [2.24, 2.45) is 0 Å². The van der Waals surface area contributed by atoms with Gasteiger partial charge < -0.3 is 10.6 Å².